The van der Waals surface area contributed by atoms with Gasteiger partial charge >= 0.3 is 5.51 Å². The van der Waals surface area contributed by atoms with Crippen LogP contribution in [-0.4, -0.2) is 47.9 Å². The van der Waals surface area contributed by atoms with Crippen molar-refractivity contribution >= 4 is 11.8 Å². The lowest BCUT2D eigenvalue weighted by molar-refractivity contribution is -0.0331. The van der Waals surface area contributed by atoms with Gasteiger partial charge in [-0.3, -0.25) is 4.90 Å². The summed E-state index contributed by atoms with van der Waals surface area (Å²) in [7, 11) is 0. The van der Waals surface area contributed by atoms with E-state index in [1.165, 1.54) is 12.8 Å². The zero-order chi connectivity index (χ0) is 12.5. The molecule has 0 bridgehead atoms. The second kappa shape index (κ2) is 4.97. The van der Waals surface area contributed by atoms with E-state index >= 15 is 0 Å². The Morgan fingerprint density at radius 1 is 1.41 bits per heavy atom. The number of alkyl halides is 3. The van der Waals surface area contributed by atoms with Crippen molar-refractivity contribution in [3.8, 4) is 0 Å². The first kappa shape index (κ1) is 13.5. The van der Waals surface area contributed by atoms with Crippen molar-refractivity contribution < 1.29 is 13.2 Å². The van der Waals surface area contributed by atoms with E-state index in [1.807, 2.05) is 0 Å². The highest BCUT2D eigenvalue weighted by atomic mass is 32.2. The Bertz CT molecular complexity index is 268. The van der Waals surface area contributed by atoms with Gasteiger partial charge in [-0.15, -0.1) is 0 Å². The Balaban J connectivity index is 1.84. The largest absolute Gasteiger partial charge is 0.441 e. The molecule has 0 aromatic heterocycles. The number of halogens is 3. The minimum atomic E-state index is -4.09. The molecule has 6 heteroatoms. The molecule has 2 rings (SSSR count). The molecule has 0 aromatic rings. The van der Waals surface area contributed by atoms with E-state index in [1.54, 1.807) is 0 Å². The normalized spacial score (nSPS) is 31.8. The lowest BCUT2D eigenvalue weighted by atomic mass is 9.91. The summed E-state index contributed by atoms with van der Waals surface area (Å²) in [5, 5.41) is 3.36. The minimum absolute atomic E-state index is 0.0738. The van der Waals surface area contributed by atoms with E-state index in [4.69, 9.17) is 0 Å². The SMILES string of the molecule is CC1(C2CC2)CNCCN1CCSC(F)(F)F. The van der Waals surface area contributed by atoms with Gasteiger partial charge in [0.1, 0.15) is 0 Å². The molecule has 2 aliphatic rings. The average molecular weight is 268 g/mol. The van der Waals surface area contributed by atoms with Crippen molar-refractivity contribution in [3.63, 3.8) is 0 Å². The third-order valence-electron chi connectivity index (χ3n) is 3.85. The van der Waals surface area contributed by atoms with Crippen LogP contribution in [0, 0.1) is 5.92 Å². The van der Waals surface area contributed by atoms with Crippen LogP contribution in [0.3, 0.4) is 0 Å². The Kier molecular flexibility index (Phi) is 3.95. The van der Waals surface area contributed by atoms with Gasteiger partial charge in [-0.1, -0.05) is 0 Å². The number of nitrogens with zero attached hydrogens (tertiary/aromatic N) is 1. The molecule has 2 fully saturated rings. The van der Waals surface area contributed by atoms with Crippen molar-refractivity contribution in [2.45, 2.75) is 30.8 Å². The molecule has 100 valence electrons. The van der Waals surface area contributed by atoms with Gasteiger partial charge in [0.15, 0.2) is 0 Å². The summed E-state index contributed by atoms with van der Waals surface area (Å²) in [4.78, 5) is 2.25. The van der Waals surface area contributed by atoms with Crippen LogP contribution in [0.5, 0.6) is 0 Å². The maximum absolute atomic E-state index is 12.1. The maximum Gasteiger partial charge on any atom is 0.441 e. The number of hydrogen-bond acceptors (Lipinski definition) is 3. The fourth-order valence-electron chi connectivity index (χ4n) is 2.67. The third kappa shape index (κ3) is 3.51. The Hall–Kier alpha value is 0.0600. The van der Waals surface area contributed by atoms with Gasteiger partial charge in [0, 0.05) is 37.5 Å². The number of nitrogens with one attached hydrogen (secondary N) is 1. The van der Waals surface area contributed by atoms with Gasteiger partial charge in [-0.2, -0.15) is 13.2 Å². The molecule has 1 atom stereocenters. The summed E-state index contributed by atoms with van der Waals surface area (Å²) >= 11 is 0.0980. The van der Waals surface area contributed by atoms with Crippen LogP contribution in [-0.2, 0) is 0 Å². The molecule has 0 amide bonds. The van der Waals surface area contributed by atoms with Crippen LogP contribution >= 0.6 is 11.8 Å². The summed E-state index contributed by atoms with van der Waals surface area (Å²) < 4.78 is 36.3. The fourth-order valence-corrected chi connectivity index (χ4v) is 3.21. The van der Waals surface area contributed by atoms with E-state index in [0.717, 1.165) is 19.6 Å². The Morgan fingerprint density at radius 2 is 2.12 bits per heavy atom. The highest BCUT2D eigenvalue weighted by Gasteiger charge is 2.46. The van der Waals surface area contributed by atoms with E-state index in [2.05, 4.69) is 17.1 Å². The van der Waals surface area contributed by atoms with E-state index in [0.29, 0.717) is 12.5 Å². The summed E-state index contributed by atoms with van der Waals surface area (Å²) in [6, 6.07) is 0. The molecule has 1 heterocycles. The molecule has 0 radical (unpaired) electrons. The van der Waals surface area contributed by atoms with Crippen LogP contribution in [0.15, 0.2) is 0 Å². The molecule has 0 spiro atoms. The lowest BCUT2D eigenvalue weighted by Gasteiger charge is -2.46. The second-order valence-corrected chi connectivity index (χ2v) is 6.25. The van der Waals surface area contributed by atoms with Crippen molar-refractivity contribution in [2.75, 3.05) is 31.9 Å². The fraction of sp³-hybridized carbons (Fsp3) is 1.00. The Morgan fingerprint density at radius 3 is 2.71 bits per heavy atom. The van der Waals surface area contributed by atoms with Crippen molar-refractivity contribution in [2.24, 2.45) is 5.92 Å². The van der Waals surface area contributed by atoms with Gasteiger partial charge in [0.2, 0.25) is 0 Å². The lowest BCUT2D eigenvalue weighted by Crippen LogP contribution is -2.61. The summed E-state index contributed by atoms with van der Waals surface area (Å²) in [5.74, 6) is 0.817. The molecule has 1 aliphatic carbocycles. The quantitative estimate of drug-likeness (QED) is 0.842. The van der Waals surface area contributed by atoms with E-state index < -0.39 is 5.51 Å². The molecule has 1 unspecified atom stereocenters. The van der Waals surface area contributed by atoms with Crippen LogP contribution in [0.25, 0.3) is 0 Å². The smallest absolute Gasteiger partial charge is 0.314 e. The van der Waals surface area contributed by atoms with Crippen LogP contribution in [0.2, 0.25) is 0 Å². The molecule has 2 nitrogen and oxygen atoms in total. The average Bonchev–Trinajstić information content (AvgIpc) is 3.02. The standard InChI is InChI=1S/C11H19F3N2S/c1-10(9-2-3-9)8-15-4-5-16(10)6-7-17-11(12,13)14/h9,15H,2-8H2,1H3. The molecule has 17 heavy (non-hydrogen) atoms. The summed E-state index contributed by atoms with van der Waals surface area (Å²) in [5.41, 5.74) is -4.02. The zero-order valence-electron chi connectivity index (χ0n) is 10.0. The molecular weight excluding hydrogens is 249 g/mol. The molecule has 0 aromatic carbocycles. The summed E-state index contributed by atoms with van der Waals surface area (Å²) in [6.45, 7) is 5.40. The summed E-state index contributed by atoms with van der Waals surface area (Å²) in [6.07, 6.45) is 2.45. The highest BCUT2D eigenvalue weighted by Crippen LogP contribution is 2.43. The van der Waals surface area contributed by atoms with Crippen molar-refractivity contribution in [3.05, 3.63) is 0 Å². The van der Waals surface area contributed by atoms with Gasteiger partial charge in [-0.25, -0.2) is 0 Å². The zero-order valence-corrected chi connectivity index (χ0v) is 10.8. The molecule has 1 aliphatic heterocycles. The van der Waals surface area contributed by atoms with E-state index in [9.17, 15) is 13.2 Å². The number of rotatable bonds is 4. The van der Waals surface area contributed by atoms with Gasteiger partial charge in [0.05, 0.1) is 0 Å². The Labute approximate surface area is 104 Å². The van der Waals surface area contributed by atoms with Crippen molar-refractivity contribution in [1.29, 1.82) is 0 Å². The second-order valence-electron chi connectivity index (χ2n) is 5.09. The van der Waals surface area contributed by atoms with Crippen LogP contribution in [0.4, 0.5) is 13.2 Å². The molecule has 1 saturated carbocycles. The maximum atomic E-state index is 12.1. The van der Waals surface area contributed by atoms with Crippen LogP contribution in [0.1, 0.15) is 19.8 Å². The van der Waals surface area contributed by atoms with Crippen LogP contribution < -0.4 is 5.32 Å². The minimum Gasteiger partial charge on any atom is -0.314 e. The molecular formula is C11H19F3N2S. The van der Waals surface area contributed by atoms with E-state index in [-0.39, 0.29) is 23.1 Å². The first-order chi connectivity index (χ1) is 7.92. The number of hydrogen-bond donors (Lipinski definition) is 1. The van der Waals surface area contributed by atoms with Gasteiger partial charge in [0.25, 0.3) is 0 Å². The number of thioether (sulfide) groups is 1. The van der Waals surface area contributed by atoms with Gasteiger partial charge < -0.3 is 5.32 Å². The topological polar surface area (TPSA) is 15.3 Å². The monoisotopic (exact) mass is 268 g/mol. The molecule has 1 N–H and O–H groups in total. The molecule has 1 saturated heterocycles. The third-order valence-corrected chi connectivity index (χ3v) is 4.56. The first-order valence-electron chi connectivity index (χ1n) is 6.08. The van der Waals surface area contributed by atoms with Gasteiger partial charge in [-0.05, 0) is 37.4 Å². The number of piperazine rings is 1. The predicted octanol–water partition coefficient (Wildman–Crippen LogP) is 2.31. The van der Waals surface area contributed by atoms with Crippen molar-refractivity contribution in [1.82, 2.24) is 10.2 Å². The predicted molar refractivity (Wildman–Crippen MR) is 64.1 cm³/mol. The first-order valence-corrected chi connectivity index (χ1v) is 7.07. The highest BCUT2D eigenvalue weighted by molar-refractivity contribution is 8.00.